The third-order valence-corrected chi connectivity index (χ3v) is 6.38. The number of benzene rings is 3. The number of nitrogens with zero attached hydrogens (tertiary/aromatic N) is 3. The minimum atomic E-state index is -4.68. The lowest BCUT2D eigenvalue weighted by atomic mass is 10.0. The number of hydrogen-bond donors (Lipinski definition) is 1. The molecular formula is C27H23F3N4O2. The Hall–Kier alpha value is -4.14. The Morgan fingerprint density at radius 1 is 1.03 bits per heavy atom. The molecule has 1 aliphatic heterocycles. The van der Waals surface area contributed by atoms with Crippen molar-refractivity contribution in [3.8, 4) is 0 Å². The van der Waals surface area contributed by atoms with Gasteiger partial charge in [-0.1, -0.05) is 42.5 Å². The number of aryl methyl sites for hydroxylation is 1. The monoisotopic (exact) mass is 492 g/mol. The Labute approximate surface area is 205 Å². The third-order valence-electron chi connectivity index (χ3n) is 6.38. The van der Waals surface area contributed by atoms with Gasteiger partial charge in [0.1, 0.15) is 11.9 Å². The molecule has 0 bridgehead atoms. The van der Waals surface area contributed by atoms with Crippen molar-refractivity contribution in [3.63, 3.8) is 0 Å². The summed E-state index contributed by atoms with van der Waals surface area (Å²) in [6, 6.07) is 19.0. The number of imidazole rings is 1. The van der Waals surface area contributed by atoms with E-state index in [0.717, 1.165) is 28.7 Å². The van der Waals surface area contributed by atoms with E-state index in [-0.39, 0.29) is 23.6 Å². The van der Waals surface area contributed by atoms with Gasteiger partial charge in [0.2, 0.25) is 5.91 Å². The van der Waals surface area contributed by atoms with Crippen molar-refractivity contribution in [1.82, 2.24) is 14.9 Å². The smallest absolute Gasteiger partial charge is 0.338 e. The van der Waals surface area contributed by atoms with Gasteiger partial charge in [-0.2, -0.15) is 13.2 Å². The van der Waals surface area contributed by atoms with Crippen LogP contribution < -0.4 is 10.2 Å². The highest BCUT2D eigenvalue weighted by molar-refractivity contribution is 5.99. The summed E-state index contributed by atoms with van der Waals surface area (Å²) in [5.74, 6) is -0.421. The Balaban J connectivity index is 1.57. The standard InChI is InChI=1S/C27H23F3N4O2/c1-33-22-11-6-5-10-21(22)31-25(33)24(17-8-3-2-4-9-17)32-26(36)18-14-19(27(28,29)30)16-20(15-18)34-13-7-12-23(34)35/h2-6,8-11,14-16,24H,7,12-13H2,1H3,(H,32,36). The lowest BCUT2D eigenvalue weighted by molar-refractivity contribution is -0.137. The van der Waals surface area contributed by atoms with Gasteiger partial charge in [0.15, 0.2) is 0 Å². The van der Waals surface area contributed by atoms with Crippen LogP contribution in [-0.4, -0.2) is 27.9 Å². The van der Waals surface area contributed by atoms with Gasteiger partial charge >= 0.3 is 6.18 Å². The van der Waals surface area contributed by atoms with Crippen molar-refractivity contribution < 1.29 is 22.8 Å². The van der Waals surface area contributed by atoms with Gasteiger partial charge < -0.3 is 14.8 Å². The molecule has 0 saturated carbocycles. The number of carbonyl (C=O) groups excluding carboxylic acids is 2. The molecule has 2 heterocycles. The topological polar surface area (TPSA) is 67.2 Å². The Morgan fingerprint density at radius 2 is 1.75 bits per heavy atom. The molecule has 0 radical (unpaired) electrons. The van der Waals surface area contributed by atoms with Crippen LogP contribution in [0.5, 0.6) is 0 Å². The Morgan fingerprint density at radius 3 is 2.42 bits per heavy atom. The molecule has 1 aliphatic rings. The second-order valence-corrected chi connectivity index (χ2v) is 8.75. The number of hydrogen-bond acceptors (Lipinski definition) is 3. The summed E-state index contributed by atoms with van der Waals surface area (Å²) in [6.45, 7) is 0.313. The van der Waals surface area contributed by atoms with E-state index in [4.69, 9.17) is 4.98 Å². The first kappa shape index (κ1) is 23.6. The van der Waals surface area contributed by atoms with Gasteiger partial charge in [0.25, 0.3) is 5.91 Å². The fraction of sp³-hybridized carbons (Fsp3) is 0.222. The zero-order chi connectivity index (χ0) is 25.4. The minimum Gasteiger partial charge on any atom is -0.338 e. The molecule has 5 rings (SSSR count). The number of carbonyl (C=O) groups is 2. The first-order valence-electron chi connectivity index (χ1n) is 11.5. The van der Waals surface area contributed by atoms with Crippen LogP contribution >= 0.6 is 0 Å². The first-order valence-corrected chi connectivity index (χ1v) is 11.5. The predicted octanol–water partition coefficient (Wildman–Crippen LogP) is 5.24. The summed E-state index contributed by atoms with van der Waals surface area (Å²) < 4.78 is 43.0. The van der Waals surface area contributed by atoms with Crippen molar-refractivity contribution in [1.29, 1.82) is 0 Å². The van der Waals surface area contributed by atoms with Gasteiger partial charge in [-0.25, -0.2) is 4.98 Å². The van der Waals surface area contributed by atoms with Gasteiger partial charge in [0, 0.05) is 31.3 Å². The zero-order valence-corrected chi connectivity index (χ0v) is 19.4. The maximum Gasteiger partial charge on any atom is 0.416 e. The van der Waals surface area contributed by atoms with E-state index in [0.29, 0.717) is 18.8 Å². The van der Waals surface area contributed by atoms with E-state index in [1.807, 2.05) is 66.2 Å². The van der Waals surface area contributed by atoms with E-state index in [9.17, 15) is 22.8 Å². The molecule has 4 aromatic rings. The molecule has 1 fully saturated rings. The molecule has 36 heavy (non-hydrogen) atoms. The Kier molecular flexibility index (Phi) is 5.99. The fourth-order valence-electron chi connectivity index (χ4n) is 4.56. The number of anilines is 1. The highest BCUT2D eigenvalue weighted by Crippen LogP contribution is 2.34. The van der Waals surface area contributed by atoms with Crippen molar-refractivity contribution in [3.05, 3.63) is 95.3 Å². The zero-order valence-electron chi connectivity index (χ0n) is 19.4. The maximum absolute atomic E-state index is 13.7. The van der Waals surface area contributed by atoms with Crippen LogP contribution in [0.15, 0.2) is 72.8 Å². The number of nitrogens with one attached hydrogen (secondary N) is 1. The van der Waals surface area contributed by atoms with Crippen LogP contribution in [0.2, 0.25) is 0 Å². The van der Waals surface area contributed by atoms with E-state index in [2.05, 4.69) is 5.32 Å². The molecule has 1 aromatic heterocycles. The number of fused-ring (bicyclic) bond motifs is 1. The SMILES string of the molecule is Cn1c(C(NC(=O)c2cc(N3CCCC3=O)cc(C(F)(F)F)c2)c2ccccc2)nc2ccccc21. The van der Waals surface area contributed by atoms with Crippen LogP contribution in [0.3, 0.4) is 0 Å². The number of alkyl halides is 3. The highest BCUT2D eigenvalue weighted by atomic mass is 19.4. The average Bonchev–Trinajstić information content (AvgIpc) is 3.45. The number of aromatic nitrogens is 2. The van der Waals surface area contributed by atoms with Crippen LogP contribution in [0.25, 0.3) is 11.0 Å². The second-order valence-electron chi connectivity index (χ2n) is 8.75. The fourth-order valence-corrected chi connectivity index (χ4v) is 4.56. The normalized spacial score (nSPS) is 14.9. The number of para-hydroxylation sites is 2. The van der Waals surface area contributed by atoms with Gasteiger partial charge in [-0.15, -0.1) is 0 Å². The van der Waals surface area contributed by atoms with E-state index in [1.54, 1.807) is 0 Å². The van der Waals surface area contributed by atoms with E-state index >= 15 is 0 Å². The first-order chi connectivity index (χ1) is 17.2. The van der Waals surface area contributed by atoms with E-state index < -0.39 is 23.7 Å². The van der Waals surface area contributed by atoms with Gasteiger partial charge in [-0.05, 0) is 42.3 Å². The van der Waals surface area contributed by atoms with E-state index in [1.165, 1.54) is 11.0 Å². The van der Waals surface area contributed by atoms with Gasteiger partial charge in [0.05, 0.1) is 16.6 Å². The molecule has 9 heteroatoms. The molecule has 1 saturated heterocycles. The Bertz CT molecular complexity index is 1450. The summed E-state index contributed by atoms with van der Waals surface area (Å²) in [5.41, 5.74) is 1.22. The quantitative estimate of drug-likeness (QED) is 0.415. The summed E-state index contributed by atoms with van der Waals surface area (Å²) >= 11 is 0. The lowest BCUT2D eigenvalue weighted by Crippen LogP contribution is -2.32. The number of rotatable bonds is 5. The second kappa shape index (κ2) is 9.14. The van der Waals surface area contributed by atoms with Crippen molar-refractivity contribution in [2.75, 3.05) is 11.4 Å². The predicted molar refractivity (Wildman–Crippen MR) is 129 cm³/mol. The number of amides is 2. The summed E-state index contributed by atoms with van der Waals surface area (Å²) in [4.78, 5) is 31.7. The van der Waals surface area contributed by atoms with Crippen molar-refractivity contribution >= 4 is 28.5 Å². The van der Waals surface area contributed by atoms with Crippen LogP contribution in [-0.2, 0) is 18.0 Å². The van der Waals surface area contributed by atoms with Gasteiger partial charge in [-0.3, -0.25) is 9.59 Å². The molecular weight excluding hydrogens is 469 g/mol. The minimum absolute atomic E-state index is 0.0662. The highest BCUT2D eigenvalue weighted by Gasteiger charge is 2.34. The average molecular weight is 493 g/mol. The number of halogens is 3. The molecule has 184 valence electrons. The summed E-state index contributed by atoms with van der Waals surface area (Å²) in [7, 11) is 1.83. The molecule has 6 nitrogen and oxygen atoms in total. The molecule has 0 spiro atoms. The van der Waals surface area contributed by atoms with Crippen LogP contribution in [0, 0.1) is 0 Å². The molecule has 2 amide bonds. The third kappa shape index (κ3) is 4.44. The molecule has 1 unspecified atom stereocenters. The van der Waals surface area contributed by atoms with Crippen LogP contribution in [0.1, 0.15) is 46.2 Å². The molecule has 3 aromatic carbocycles. The maximum atomic E-state index is 13.7. The summed E-state index contributed by atoms with van der Waals surface area (Å²) in [5, 5.41) is 2.88. The lowest BCUT2D eigenvalue weighted by Gasteiger charge is -2.22. The largest absolute Gasteiger partial charge is 0.416 e. The van der Waals surface area contributed by atoms with Crippen LogP contribution in [0.4, 0.5) is 18.9 Å². The summed E-state index contributed by atoms with van der Waals surface area (Å²) in [6.07, 6.45) is -3.86. The molecule has 1 atom stereocenters. The van der Waals surface area contributed by atoms with Crippen molar-refractivity contribution in [2.45, 2.75) is 25.1 Å². The molecule has 1 N–H and O–H groups in total. The molecule has 0 aliphatic carbocycles. The van der Waals surface area contributed by atoms with Crippen molar-refractivity contribution in [2.24, 2.45) is 7.05 Å².